The Morgan fingerprint density at radius 2 is 0.826 bits per heavy atom. The SMILES string of the molecule is CC(C)CCCCCCCCCCCCCCCCCCO[SiH3]. The third-order valence-electron chi connectivity index (χ3n) is 4.88. The maximum Gasteiger partial charge on any atom is 0.145 e. The van der Waals surface area contributed by atoms with Crippen molar-refractivity contribution in [2.75, 3.05) is 6.61 Å². The lowest BCUT2D eigenvalue weighted by Gasteiger charge is -2.05. The molecule has 0 heterocycles. The second-order valence-corrected chi connectivity index (χ2v) is 8.41. The Labute approximate surface area is 150 Å². The zero-order valence-corrected chi connectivity index (χ0v) is 18.7. The molecule has 0 aliphatic rings. The van der Waals surface area contributed by atoms with Gasteiger partial charge in [0.25, 0.3) is 0 Å². The zero-order valence-electron chi connectivity index (χ0n) is 16.7. The molecule has 0 atom stereocenters. The molecule has 23 heavy (non-hydrogen) atoms. The second kappa shape index (κ2) is 20.2. The molecule has 0 saturated heterocycles. The number of unbranched alkanes of at least 4 members (excludes halogenated alkanes) is 15. The van der Waals surface area contributed by atoms with E-state index in [1.807, 2.05) is 0 Å². The number of rotatable bonds is 19. The van der Waals surface area contributed by atoms with Gasteiger partial charge in [0, 0.05) is 6.61 Å². The van der Waals surface area contributed by atoms with E-state index in [0.717, 1.165) is 23.0 Å². The van der Waals surface area contributed by atoms with E-state index in [2.05, 4.69) is 13.8 Å². The summed E-state index contributed by atoms with van der Waals surface area (Å²) < 4.78 is 5.21. The van der Waals surface area contributed by atoms with Crippen LogP contribution in [-0.2, 0) is 4.43 Å². The van der Waals surface area contributed by atoms with E-state index in [-0.39, 0.29) is 0 Å². The maximum atomic E-state index is 5.21. The molecule has 0 saturated carbocycles. The molecule has 0 aliphatic carbocycles. The molecule has 0 bridgehead atoms. The molecule has 0 aromatic rings. The zero-order chi connectivity index (χ0) is 17.0. The predicted octanol–water partition coefficient (Wildman–Crippen LogP) is 6.57. The van der Waals surface area contributed by atoms with E-state index in [9.17, 15) is 0 Å². The highest BCUT2D eigenvalue weighted by atomic mass is 28.2. The molecule has 0 aromatic carbocycles. The average Bonchev–Trinajstić information content (AvgIpc) is 2.53. The minimum atomic E-state index is 0.895. The van der Waals surface area contributed by atoms with Crippen LogP contribution in [0.4, 0.5) is 0 Å². The van der Waals surface area contributed by atoms with Crippen LogP contribution < -0.4 is 0 Å². The fourth-order valence-electron chi connectivity index (χ4n) is 3.27. The smallest absolute Gasteiger partial charge is 0.145 e. The van der Waals surface area contributed by atoms with Crippen molar-refractivity contribution < 1.29 is 4.43 Å². The van der Waals surface area contributed by atoms with Gasteiger partial charge in [-0.1, -0.05) is 117 Å². The van der Waals surface area contributed by atoms with E-state index in [1.165, 1.54) is 109 Å². The third-order valence-corrected chi connectivity index (χ3v) is 5.29. The molecule has 0 N–H and O–H groups in total. The summed E-state index contributed by atoms with van der Waals surface area (Å²) in [5, 5.41) is 0. The lowest BCUT2D eigenvalue weighted by atomic mass is 10.0. The van der Waals surface area contributed by atoms with Crippen LogP contribution in [0.25, 0.3) is 0 Å². The van der Waals surface area contributed by atoms with Crippen LogP contribution in [-0.4, -0.2) is 17.1 Å². The normalized spacial score (nSPS) is 11.6. The van der Waals surface area contributed by atoms with Gasteiger partial charge in [-0.3, -0.25) is 0 Å². The maximum absolute atomic E-state index is 5.21. The fourth-order valence-corrected chi connectivity index (χ4v) is 3.56. The largest absolute Gasteiger partial charge is 0.428 e. The third kappa shape index (κ3) is 22.2. The van der Waals surface area contributed by atoms with Gasteiger partial charge in [0.2, 0.25) is 0 Å². The number of hydrogen-bond acceptors (Lipinski definition) is 1. The van der Waals surface area contributed by atoms with E-state index in [4.69, 9.17) is 4.43 Å². The van der Waals surface area contributed by atoms with Gasteiger partial charge in [-0.2, -0.15) is 0 Å². The van der Waals surface area contributed by atoms with Crippen LogP contribution in [0.15, 0.2) is 0 Å². The van der Waals surface area contributed by atoms with Gasteiger partial charge in [0.15, 0.2) is 0 Å². The van der Waals surface area contributed by atoms with E-state index in [0.29, 0.717) is 0 Å². The van der Waals surface area contributed by atoms with Crippen molar-refractivity contribution in [1.29, 1.82) is 0 Å². The standard InChI is InChI=1S/C21H46OSi/c1-21(2)19-17-15-13-11-9-7-5-3-4-6-8-10-12-14-16-18-20-22-23/h21H,3-20H2,1-2,23H3. The van der Waals surface area contributed by atoms with Crippen molar-refractivity contribution in [3.8, 4) is 0 Å². The summed E-state index contributed by atoms with van der Waals surface area (Å²) in [5.74, 6) is 0.895. The van der Waals surface area contributed by atoms with Gasteiger partial charge < -0.3 is 4.43 Å². The Morgan fingerprint density at radius 1 is 0.522 bits per heavy atom. The van der Waals surface area contributed by atoms with Crippen molar-refractivity contribution in [2.45, 2.75) is 123 Å². The molecule has 140 valence electrons. The molecule has 0 amide bonds. The van der Waals surface area contributed by atoms with Gasteiger partial charge >= 0.3 is 0 Å². The predicted molar refractivity (Wildman–Crippen MR) is 109 cm³/mol. The lowest BCUT2D eigenvalue weighted by Crippen LogP contribution is -1.89. The average molecular weight is 343 g/mol. The van der Waals surface area contributed by atoms with Gasteiger partial charge in [0.05, 0.1) is 0 Å². The van der Waals surface area contributed by atoms with Crippen LogP contribution in [0, 0.1) is 5.92 Å². The van der Waals surface area contributed by atoms with Crippen molar-refractivity contribution >= 4 is 10.5 Å². The van der Waals surface area contributed by atoms with Gasteiger partial charge in [-0.25, -0.2) is 0 Å². The summed E-state index contributed by atoms with van der Waals surface area (Å²) in [6, 6.07) is 0. The summed E-state index contributed by atoms with van der Waals surface area (Å²) in [6.45, 7) is 5.68. The molecule has 0 rings (SSSR count). The first-order valence-electron chi connectivity index (χ1n) is 10.8. The summed E-state index contributed by atoms with van der Waals surface area (Å²) in [7, 11) is 0.909. The van der Waals surface area contributed by atoms with E-state index < -0.39 is 0 Å². The first kappa shape index (κ1) is 23.2. The van der Waals surface area contributed by atoms with Crippen molar-refractivity contribution in [2.24, 2.45) is 5.92 Å². The molecular formula is C21H46OSi. The summed E-state index contributed by atoms with van der Waals surface area (Å²) in [4.78, 5) is 0. The van der Waals surface area contributed by atoms with E-state index in [1.54, 1.807) is 0 Å². The first-order chi connectivity index (χ1) is 11.3. The lowest BCUT2D eigenvalue weighted by molar-refractivity contribution is 0.332. The van der Waals surface area contributed by atoms with Crippen LogP contribution in [0.1, 0.15) is 123 Å². The molecule has 0 radical (unpaired) electrons. The molecule has 1 nitrogen and oxygen atoms in total. The van der Waals surface area contributed by atoms with Crippen molar-refractivity contribution in [1.82, 2.24) is 0 Å². The van der Waals surface area contributed by atoms with Crippen LogP contribution in [0.5, 0.6) is 0 Å². The Kier molecular flexibility index (Phi) is 20.4. The highest BCUT2D eigenvalue weighted by Crippen LogP contribution is 2.14. The van der Waals surface area contributed by atoms with E-state index >= 15 is 0 Å². The second-order valence-electron chi connectivity index (χ2n) is 7.83. The van der Waals surface area contributed by atoms with Crippen LogP contribution >= 0.6 is 0 Å². The Morgan fingerprint density at radius 3 is 1.13 bits per heavy atom. The molecule has 0 fully saturated rings. The molecular weight excluding hydrogens is 296 g/mol. The molecule has 2 heteroatoms. The Balaban J connectivity index is 2.95. The number of hydrogen-bond donors (Lipinski definition) is 0. The summed E-state index contributed by atoms with van der Waals surface area (Å²) in [5.41, 5.74) is 0. The summed E-state index contributed by atoms with van der Waals surface area (Å²) >= 11 is 0. The highest BCUT2D eigenvalue weighted by molar-refractivity contribution is 5.97. The molecule has 0 aliphatic heterocycles. The Bertz CT molecular complexity index is 206. The molecule has 0 unspecified atom stereocenters. The van der Waals surface area contributed by atoms with Gasteiger partial charge in [-0.15, -0.1) is 0 Å². The quantitative estimate of drug-likeness (QED) is 0.190. The molecule has 0 aromatic heterocycles. The first-order valence-corrected chi connectivity index (χ1v) is 11.6. The minimum absolute atomic E-state index is 0.895. The monoisotopic (exact) mass is 342 g/mol. The van der Waals surface area contributed by atoms with Crippen LogP contribution in [0.3, 0.4) is 0 Å². The minimum Gasteiger partial charge on any atom is -0.428 e. The molecule has 0 spiro atoms. The van der Waals surface area contributed by atoms with Crippen molar-refractivity contribution in [3.63, 3.8) is 0 Å². The summed E-state index contributed by atoms with van der Waals surface area (Å²) in [6.07, 6.45) is 24.6. The van der Waals surface area contributed by atoms with Crippen molar-refractivity contribution in [3.05, 3.63) is 0 Å². The van der Waals surface area contributed by atoms with Gasteiger partial charge in [-0.05, 0) is 12.3 Å². The van der Waals surface area contributed by atoms with Gasteiger partial charge in [0.1, 0.15) is 10.5 Å². The fraction of sp³-hybridized carbons (Fsp3) is 1.00. The Hall–Kier alpha value is 0.177. The topological polar surface area (TPSA) is 9.23 Å². The van der Waals surface area contributed by atoms with Crippen LogP contribution in [0.2, 0.25) is 0 Å². The highest BCUT2D eigenvalue weighted by Gasteiger charge is 1.96.